The van der Waals surface area contributed by atoms with Crippen molar-refractivity contribution in [3.63, 3.8) is 0 Å². The van der Waals surface area contributed by atoms with Gasteiger partial charge in [0.15, 0.2) is 0 Å². The number of fused-ring (bicyclic) bond motifs is 2. The van der Waals surface area contributed by atoms with E-state index in [9.17, 15) is 4.79 Å². The van der Waals surface area contributed by atoms with Crippen LogP contribution in [0.25, 0.3) is 0 Å². The molecule has 1 amide bonds. The molecule has 0 saturated carbocycles. The fourth-order valence-electron chi connectivity index (χ4n) is 3.20. The Labute approximate surface area is 131 Å². The van der Waals surface area contributed by atoms with Crippen LogP contribution >= 0.6 is 0 Å². The average Bonchev–Trinajstić information content (AvgIpc) is 2.68. The topological polar surface area (TPSA) is 38.3 Å². The number of hydrogen-bond acceptors (Lipinski definition) is 2. The summed E-state index contributed by atoms with van der Waals surface area (Å²) in [5.41, 5.74) is 5.35. The van der Waals surface area contributed by atoms with Gasteiger partial charge in [0, 0.05) is 19.4 Å². The predicted molar refractivity (Wildman–Crippen MR) is 87.4 cm³/mol. The second-order valence-corrected chi connectivity index (χ2v) is 5.85. The molecule has 1 N–H and O–H groups in total. The van der Waals surface area contributed by atoms with E-state index in [-0.39, 0.29) is 11.8 Å². The molecule has 1 aliphatic carbocycles. The molecule has 0 saturated heterocycles. The first-order valence-electron chi connectivity index (χ1n) is 7.65. The van der Waals surface area contributed by atoms with Crippen LogP contribution in [-0.4, -0.2) is 19.6 Å². The molecule has 3 rings (SSSR count). The smallest absolute Gasteiger partial charge is 0.216 e. The lowest BCUT2D eigenvalue weighted by Gasteiger charge is -2.19. The molecule has 1 atom stereocenters. The van der Waals surface area contributed by atoms with Gasteiger partial charge in [-0.3, -0.25) is 4.79 Å². The lowest BCUT2D eigenvalue weighted by Crippen LogP contribution is -2.27. The van der Waals surface area contributed by atoms with Crippen LogP contribution in [-0.2, 0) is 17.6 Å². The summed E-state index contributed by atoms with van der Waals surface area (Å²) in [7, 11) is 1.69. The first kappa shape index (κ1) is 14.6. The maximum absolute atomic E-state index is 11.3. The van der Waals surface area contributed by atoms with E-state index in [0.29, 0.717) is 6.54 Å². The van der Waals surface area contributed by atoms with E-state index in [1.54, 1.807) is 14.0 Å². The van der Waals surface area contributed by atoms with Crippen molar-refractivity contribution >= 4 is 5.91 Å². The van der Waals surface area contributed by atoms with Crippen LogP contribution in [0.4, 0.5) is 0 Å². The van der Waals surface area contributed by atoms with Crippen molar-refractivity contribution in [2.24, 2.45) is 0 Å². The number of rotatable bonds is 3. The minimum Gasteiger partial charge on any atom is -0.497 e. The van der Waals surface area contributed by atoms with E-state index in [1.165, 1.54) is 22.3 Å². The van der Waals surface area contributed by atoms with Crippen molar-refractivity contribution in [3.05, 3.63) is 64.7 Å². The molecule has 22 heavy (non-hydrogen) atoms. The van der Waals surface area contributed by atoms with E-state index >= 15 is 0 Å². The molecule has 2 aromatic carbocycles. The van der Waals surface area contributed by atoms with Gasteiger partial charge in [0.05, 0.1) is 7.11 Å². The molecule has 1 aliphatic rings. The van der Waals surface area contributed by atoms with Crippen molar-refractivity contribution in [1.29, 1.82) is 0 Å². The van der Waals surface area contributed by atoms with Crippen LogP contribution < -0.4 is 10.1 Å². The molecule has 0 radical (unpaired) electrons. The molecule has 0 aromatic heterocycles. The summed E-state index contributed by atoms with van der Waals surface area (Å²) in [6.45, 7) is 2.22. The molecule has 3 nitrogen and oxygen atoms in total. The first-order valence-corrected chi connectivity index (χ1v) is 7.65. The van der Waals surface area contributed by atoms with Crippen LogP contribution in [0.1, 0.15) is 35.1 Å². The average molecular weight is 295 g/mol. The minimum absolute atomic E-state index is 0.0157. The number of nitrogens with one attached hydrogen (secondary N) is 1. The highest BCUT2D eigenvalue weighted by Crippen LogP contribution is 2.33. The second-order valence-electron chi connectivity index (χ2n) is 5.85. The molecule has 114 valence electrons. The summed E-state index contributed by atoms with van der Waals surface area (Å²) >= 11 is 0. The Kier molecular flexibility index (Phi) is 4.14. The van der Waals surface area contributed by atoms with E-state index in [1.807, 2.05) is 6.07 Å². The lowest BCUT2D eigenvalue weighted by atomic mass is 9.91. The molecule has 0 bridgehead atoms. The zero-order chi connectivity index (χ0) is 15.5. The number of ether oxygens (including phenoxy) is 1. The van der Waals surface area contributed by atoms with Crippen molar-refractivity contribution in [1.82, 2.24) is 5.32 Å². The van der Waals surface area contributed by atoms with Gasteiger partial charge >= 0.3 is 0 Å². The quantitative estimate of drug-likeness (QED) is 0.945. The Morgan fingerprint density at radius 3 is 2.68 bits per heavy atom. The van der Waals surface area contributed by atoms with E-state index < -0.39 is 0 Å². The van der Waals surface area contributed by atoms with Crippen LogP contribution in [0, 0.1) is 0 Å². The fourth-order valence-corrected chi connectivity index (χ4v) is 3.20. The summed E-state index contributed by atoms with van der Waals surface area (Å²) in [6, 6.07) is 14.9. The normalized spacial score (nSPS) is 16.2. The van der Waals surface area contributed by atoms with Gasteiger partial charge in [0.2, 0.25) is 5.91 Å². The third kappa shape index (κ3) is 2.98. The van der Waals surface area contributed by atoms with Gasteiger partial charge in [-0.2, -0.15) is 0 Å². The first-order chi connectivity index (χ1) is 10.7. The van der Waals surface area contributed by atoms with Gasteiger partial charge in [-0.25, -0.2) is 0 Å². The SMILES string of the molecule is COc1ccc2c(c1)[C@H](CNC(C)=O)Cc1ccccc1C2. The van der Waals surface area contributed by atoms with Gasteiger partial charge in [0.1, 0.15) is 5.75 Å². The summed E-state index contributed by atoms with van der Waals surface area (Å²) in [5, 5.41) is 2.97. The Balaban J connectivity index is 2.02. The predicted octanol–water partition coefficient (Wildman–Crippen LogP) is 3.06. The van der Waals surface area contributed by atoms with Gasteiger partial charge in [-0.1, -0.05) is 30.3 Å². The van der Waals surface area contributed by atoms with Gasteiger partial charge in [0.25, 0.3) is 0 Å². The van der Waals surface area contributed by atoms with Gasteiger partial charge in [-0.15, -0.1) is 0 Å². The third-order valence-corrected chi connectivity index (χ3v) is 4.36. The molecular weight excluding hydrogens is 274 g/mol. The van der Waals surface area contributed by atoms with Crippen molar-refractivity contribution in [3.8, 4) is 5.75 Å². The van der Waals surface area contributed by atoms with Crippen LogP contribution in [0.15, 0.2) is 42.5 Å². The van der Waals surface area contributed by atoms with Crippen molar-refractivity contribution < 1.29 is 9.53 Å². The molecule has 2 aromatic rings. The fraction of sp³-hybridized carbons (Fsp3) is 0.316. The maximum atomic E-state index is 11.3. The zero-order valence-electron chi connectivity index (χ0n) is 13.1. The number of carbonyl (C=O) groups is 1. The Morgan fingerprint density at radius 2 is 1.95 bits per heavy atom. The summed E-state index contributed by atoms with van der Waals surface area (Å²) in [6.07, 6.45) is 1.88. The van der Waals surface area contributed by atoms with Gasteiger partial charge < -0.3 is 10.1 Å². The number of hydrogen-bond donors (Lipinski definition) is 1. The number of amides is 1. The highest BCUT2D eigenvalue weighted by Gasteiger charge is 2.22. The summed E-state index contributed by atoms with van der Waals surface area (Å²) in [4.78, 5) is 11.3. The van der Waals surface area contributed by atoms with Gasteiger partial charge in [-0.05, 0) is 47.2 Å². The maximum Gasteiger partial charge on any atom is 0.216 e. The van der Waals surface area contributed by atoms with Crippen LogP contribution in [0.3, 0.4) is 0 Å². The molecule has 0 heterocycles. The van der Waals surface area contributed by atoms with Crippen molar-refractivity contribution in [2.75, 3.05) is 13.7 Å². The molecule has 0 spiro atoms. The second kappa shape index (κ2) is 6.22. The van der Waals surface area contributed by atoms with Crippen LogP contribution in [0.2, 0.25) is 0 Å². The standard InChI is InChI=1S/C19H21NO2/c1-13(21)20-12-17-10-15-6-4-3-5-14(15)9-16-7-8-18(22-2)11-19(16)17/h3-8,11,17H,9-10,12H2,1-2H3,(H,20,21)/t17-/m0/s1. The highest BCUT2D eigenvalue weighted by atomic mass is 16.5. The molecule has 0 unspecified atom stereocenters. The molecule has 3 heteroatoms. The molecule has 0 aliphatic heterocycles. The Bertz CT molecular complexity index is 694. The number of benzene rings is 2. The number of methoxy groups -OCH3 is 1. The largest absolute Gasteiger partial charge is 0.497 e. The molecular formula is C19H21NO2. The van der Waals surface area contributed by atoms with E-state index in [4.69, 9.17) is 4.74 Å². The monoisotopic (exact) mass is 295 g/mol. The molecule has 0 fully saturated rings. The van der Waals surface area contributed by atoms with Crippen LogP contribution in [0.5, 0.6) is 5.75 Å². The summed E-state index contributed by atoms with van der Waals surface area (Å²) < 4.78 is 5.38. The van der Waals surface area contributed by atoms with Crippen molar-refractivity contribution in [2.45, 2.75) is 25.7 Å². The van der Waals surface area contributed by atoms with E-state index in [2.05, 4.69) is 41.7 Å². The zero-order valence-corrected chi connectivity index (χ0v) is 13.1. The van der Waals surface area contributed by atoms with E-state index in [0.717, 1.165) is 18.6 Å². The Hall–Kier alpha value is -2.29. The number of carbonyl (C=O) groups excluding carboxylic acids is 1. The minimum atomic E-state index is 0.0157. The highest BCUT2D eigenvalue weighted by molar-refractivity contribution is 5.72. The Morgan fingerprint density at radius 1 is 1.18 bits per heavy atom. The summed E-state index contributed by atoms with van der Waals surface area (Å²) in [5.74, 6) is 1.16. The third-order valence-electron chi connectivity index (χ3n) is 4.36. The lowest BCUT2D eigenvalue weighted by molar-refractivity contribution is -0.119.